The largest absolute Gasteiger partial charge is 0.497 e. The first-order chi connectivity index (χ1) is 24.3. The van der Waals surface area contributed by atoms with Crippen LogP contribution in [0.3, 0.4) is 0 Å². The van der Waals surface area contributed by atoms with Crippen molar-refractivity contribution in [2.45, 2.75) is 65.3 Å². The average molecular weight is 721 g/mol. The standard InChI is InChI=1S/C36H36N2O12S/c1-7-45-36(43)29-28(23-13-15-25(44-6)16-14-23)26(17-37)35(51)38(30(29)24-11-9-8-10-12-24)34-33(49-22(5)42)32(48-21(4)41)31(47-20(3)40)27(50-34)18-46-19(2)39/h8-16,27,31-34H,7,18H2,1-6H3/t27-,31+,32+,33+,34+/m0/s1. The predicted octanol–water partition coefficient (Wildman–Crippen LogP) is 4.86. The highest BCUT2D eigenvalue weighted by molar-refractivity contribution is 7.71. The fourth-order valence-corrected chi connectivity index (χ4v) is 6.12. The highest BCUT2D eigenvalue weighted by atomic mass is 32.1. The number of pyridine rings is 1. The van der Waals surface area contributed by atoms with E-state index in [-0.39, 0.29) is 33.6 Å². The summed E-state index contributed by atoms with van der Waals surface area (Å²) in [5.74, 6) is -3.51. The van der Waals surface area contributed by atoms with Gasteiger partial charge in [0.2, 0.25) is 0 Å². The van der Waals surface area contributed by atoms with E-state index in [0.29, 0.717) is 16.9 Å². The van der Waals surface area contributed by atoms with Crippen molar-refractivity contribution in [1.29, 1.82) is 5.26 Å². The molecule has 2 heterocycles. The molecule has 14 nitrogen and oxygen atoms in total. The summed E-state index contributed by atoms with van der Waals surface area (Å²) in [7, 11) is 1.49. The molecular weight excluding hydrogens is 684 g/mol. The zero-order valence-corrected chi connectivity index (χ0v) is 29.5. The van der Waals surface area contributed by atoms with E-state index in [2.05, 4.69) is 6.07 Å². The predicted molar refractivity (Wildman–Crippen MR) is 181 cm³/mol. The maximum Gasteiger partial charge on any atom is 0.340 e. The smallest absolute Gasteiger partial charge is 0.340 e. The molecule has 0 N–H and O–H groups in total. The van der Waals surface area contributed by atoms with Crippen LogP contribution in [0.15, 0.2) is 54.6 Å². The number of methoxy groups -OCH3 is 1. The Labute approximate surface area is 298 Å². The lowest BCUT2D eigenvalue weighted by molar-refractivity contribution is -0.268. The third kappa shape index (κ3) is 8.59. The van der Waals surface area contributed by atoms with Gasteiger partial charge in [0.15, 0.2) is 24.5 Å². The Morgan fingerprint density at radius 3 is 1.92 bits per heavy atom. The molecule has 268 valence electrons. The number of hydrogen-bond acceptors (Lipinski definition) is 14. The Morgan fingerprint density at radius 2 is 1.39 bits per heavy atom. The van der Waals surface area contributed by atoms with Crippen molar-refractivity contribution in [2.75, 3.05) is 20.3 Å². The summed E-state index contributed by atoms with van der Waals surface area (Å²) in [4.78, 5) is 63.6. The van der Waals surface area contributed by atoms with Crippen molar-refractivity contribution < 1.29 is 57.1 Å². The lowest BCUT2D eigenvalue weighted by Crippen LogP contribution is -2.60. The van der Waals surface area contributed by atoms with Gasteiger partial charge in [0, 0.05) is 33.3 Å². The average Bonchev–Trinajstić information content (AvgIpc) is 3.08. The third-order valence-corrected chi connectivity index (χ3v) is 8.05. The lowest BCUT2D eigenvalue weighted by Gasteiger charge is -2.45. The van der Waals surface area contributed by atoms with E-state index in [1.807, 2.05) is 0 Å². The molecular formula is C36H36N2O12S. The van der Waals surface area contributed by atoms with Crippen LogP contribution in [-0.4, -0.2) is 79.2 Å². The minimum Gasteiger partial charge on any atom is -0.497 e. The third-order valence-electron chi connectivity index (χ3n) is 7.65. The monoisotopic (exact) mass is 720 g/mol. The highest BCUT2D eigenvalue weighted by Gasteiger charge is 2.53. The van der Waals surface area contributed by atoms with Gasteiger partial charge < -0.3 is 33.2 Å². The summed E-state index contributed by atoms with van der Waals surface area (Å²) >= 11 is 6.01. The number of carbonyl (C=O) groups is 5. The first kappa shape index (κ1) is 38.2. The summed E-state index contributed by atoms with van der Waals surface area (Å²) in [6, 6.07) is 17.2. The van der Waals surface area contributed by atoms with Gasteiger partial charge in [-0.2, -0.15) is 5.26 Å². The molecule has 3 aromatic rings. The Balaban J connectivity index is 2.20. The SMILES string of the molecule is CCOC(=O)c1c(-c2ccc(OC)cc2)c(C#N)c(=S)n([C@@H]2O[C@@H](COC(C)=O)[C@@H](OC(C)=O)[C@@H](OC(C)=O)[C@H]2OC(C)=O)c1-c1ccccc1. The normalized spacial score (nSPS) is 19.5. The number of nitrogens with zero attached hydrogens (tertiary/aromatic N) is 2. The summed E-state index contributed by atoms with van der Waals surface area (Å²) in [6.07, 6.45) is -7.55. The first-order valence-electron chi connectivity index (χ1n) is 15.7. The highest BCUT2D eigenvalue weighted by Crippen LogP contribution is 2.43. The number of ether oxygens (including phenoxy) is 7. The Morgan fingerprint density at radius 1 is 0.804 bits per heavy atom. The van der Waals surface area contributed by atoms with Gasteiger partial charge in [-0.05, 0) is 30.2 Å². The first-order valence-corrected chi connectivity index (χ1v) is 16.1. The van der Waals surface area contributed by atoms with Crippen LogP contribution in [0, 0.1) is 16.0 Å². The van der Waals surface area contributed by atoms with Gasteiger partial charge in [0.1, 0.15) is 29.2 Å². The molecule has 0 aliphatic carbocycles. The van der Waals surface area contributed by atoms with Gasteiger partial charge in [-0.25, -0.2) is 4.79 Å². The van der Waals surface area contributed by atoms with E-state index in [4.69, 9.17) is 45.4 Å². The second-order valence-corrected chi connectivity index (χ2v) is 11.6. The maximum atomic E-state index is 14.1. The number of hydrogen-bond donors (Lipinski definition) is 0. The Bertz CT molecular complexity index is 1900. The molecule has 0 spiro atoms. The summed E-state index contributed by atoms with van der Waals surface area (Å²) in [6.45, 7) is 5.52. The zero-order chi connectivity index (χ0) is 37.4. The summed E-state index contributed by atoms with van der Waals surface area (Å²) in [5.41, 5.74) is 0.817. The van der Waals surface area contributed by atoms with E-state index >= 15 is 0 Å². The van der Waals surface area contributed by atoms with E-state index in [0.717, 1.165) is 27.7 Å². The van der Waals surface area contributed by atoms with Crippen molar-refractivity contribution in [3.05, 3.63) is 70.4 Å². The van der Waals surface area contributed by atoms with Crippen LogP contribution in [0.1, 0.15) is 56.8 Å². The molecule has 15 heteroatoms. The van der Waals surface area contributed by atoms with Crippen molar-refractivity contribution >= 4 is 42.1 Å². The number of esters is 5. The van der Waals surface area contributed by atoms with Gasteiger partial charge in [-0.15, -0.1) is 0 Å². The fraction of sp³-hybridized carbons (Fsp3) is 0.361. The second kappa shape index (κ2) is 16.9. The van der Waals surface area contributed by atoms with E-state index in [1.165, 1.54) is 11.7 Å². The zero-order valence-electron chi connectivity index (χ0n) is 28.7. The van der Waals surface area contributed by atoms with Gasteiger partial charge in [0.25, 0.3) is 0 Å². The molecule has 1 aliphatic rings. The molecule has 5 atom stereocenters. The van der Waals surface area contributed by atoms with Crippen molar-refractivity contribution in [2.24, 2.45) is 0 Å². The lowest BCUT2D eigenvalue weighted by atomic mass is 9.90. The van der Waals surface area contributed by atoms with E-state index in [9.17, 15) is 29.2 Å². The molecule has 1 aromatic heterocycles. The number of carbonyl (C=O) groups excluding carboxylic acids is 5. The maximum absolute atomic E-state index is 14.1. The van der Waals surface area contributed by atoms with Gasteiger partial charge in [-0.3, -0.25) is 23.7 Å². The minimum atomic E-state index is -1.60. The van der Waals surface area contributed by atoms with Crippen LogP contribution in [0.5, 0.6) is 5.75 Å². The molecule has 2 aromatic carbocycles. The van der Waals surface area contributed by atoms with Crippen LogP contribution in [0.25, 0.3) is 22.4 Å². The molecule has 0 unspecified atom stereocenters. The molecule has 4 rings (SSSR count). The van der Waals surface area contributed by atoms with Crippen LogP contribution in [0.4, 0.5) is 0 Å². The van der Waals surface area contributed by atoms with Crippen LogP contribution < -0.4 is 4.74 Å². The van der Waals surface area contributed by atoms with E-state index in [1.54, 1.807) is 61.5 Å². The number of benzene rings is 2. The molecule has 1 saturated heterocycles. The topological polar surface area (TPSA) is 179 Å². The summed E-state index contributed by atoms with van der Waals surface area (Å²) < 4.78 is 40.7. The Kier molecular flexibility index (Phi) is 12.6. The van der Waals surface area contributed by atoms with Crippen LogP contribution in [0.2, 0.25) is 0 Å². The Hall–Kier alpha value is -5.59. The van der Waals surface area contributed by atoms with Crippen molar-refractivity contribution in [3.63, 3.8) is 0 Å². The van der Waals surface area contributed by atoms with Gasteiger partial charge >= 0.3 is 29.8 Å². The van der Waals surface area contributed by atoms with Crippen molar-refractivity contribution in [1.82, 2.24) is 4.57 Å². The van der Waals surface area contributed by atoms with Crippen molar-refractivity contribution in [3.8, 4) is 34.2 Å². The number of rotatable bonds is 11. The van der Waals surface area contributed by atoms with Crippen LogP contribution >= 0.6 is 12.2 Å². The van der Waals surface area contributed by atoms with Gasteiger partial charge in [0.05, 0.1) is 30.5 Å². The summed E-state index contributed by atoms with van der Waals surface area (Å²) in [5, 5.41) is 10.7. The molecule has 1 aliphatic heterocycles. The fourth-order valence-electron chi connectivity index (χ4n) is 5.78. The quantitative estimate of drug-likeness (QED) is 0.149. The minimum absolute atomic E-state index is 0.0360. The van der Waals surface area contributed by atoms with Crippen LogP contribution in [-0.2, 0) is 47.6 Å². The molecule has 0 radical (unpaired) electrons. The molecule has 1 fully saturated rings. The molecule has 51 heavy (non-hydrogen) atoms. The molecule has 0 amide bonds. The number of aromatic nitrogens is 1. The van der Waals surface area contributed by atoms with Gasteiger partial charge in [-0.1, -0.05) is 54.7 Å². The van der Waals surface area contributed by atoms with E-state index < -0.39 is 67.1 Å². The second-order valence-electron chi connectivity index (χ2n) is 11.2. The molecule has 0 saturated carbocycles. The molecule has 0 bridgehead atoms. The number of nitriles is 1.